The average molecular weight is 210 g/mol. The van der Waals surface area contributed by atoms with Crippen molar-refractivity contribution in [3.63, 3.8) is 0 Å². The first-order valence-electron chi connectivity index (χ1n) is 6.72. The first-order chi connectivity index (χ1) is 7.36. The lowest BCUT2D eigenvalue weighted by molar-refractivity contribution is -0.907. The molecule has 0 aromatic carbocycles. The van der Waals surface area contributed by atoms with E-state index in [0.29, 0.717) is 11.7 Å². The maximum atomic E-state index is 11.9. The van der Waals surface area contributed by atoms with Gasteiger partial charge in [0, 0.05) is 6.42 Å². The van der Waals surface area contributed by atoms with Crippen LogP contribution in [0.2, 0.25) is 0 Å². The minimum Gasteiger partial charge on any atom is -0.334 e. The van der Waals surface area contributed by atoms with E-state index in [0.717, 1.165) is 19.4 Å². The second-order valence-corrected chi connectivity index (χ2v) is 5.28. The van der Waals surface area contributed by atoms with E-state index >= 15 is 0 Å². The van der Waals surface area contributed by atoms with Gasteiger partial charge in [0.15, 0.2) is 0 Å². The molecular formula is C13H24NO+. The van der Waals surface area contributed by atoms with Gasteiger partial charge in [0.25, 0.3) is 0 Å². The van der Waals surface area contributed by atoms with Gasteiger partial charge in [-0.2, -0.15) is 0 Å². The Kier molecular flexibility index (Phi) is 4.18. The Morgan fingerprint density at radius 3 is 2.53 bits per heavy atom. The third kappa shape index (κ3) is 3.30. The molecule has 2 rings (SSSR count). The molecule has 2 heteroatoms. The fraction of sp³-hybridized carbons (Fsp3) is 0.923. The predicted molar refractivity (Wildman–Crippen MR) is 61.0 cm³/mol. The molecule has 0 bridgehead atoms. The van der Waals surface area contributed by atoms with Crippen LogP contribution in [-0.2, 0) is 4.79 Å². The number of hydrogen-bond donors (Lipinski definition) is 1. The summed E-state index contributed by atoms with van der Waals surface area (Å²) in [6.07, 6.45) is 9.88. The molecule has 0 spiro atoms. The second kappa shape index (κ2) is 5.64. The van der Waals surface area contributed by atoms with Crippen LogP contribution in [0.15, 0.2) is 0 Å². The van der Waals surface area contributed by atoms with Crippen molar-refractivity contribution in [3.05, 3.63) is 0 Å². The first kappa shape index (κ1) is 11.1. The van der Waals surface area contributed by atoms with Gasteiger partial charge in [0.1, 0.15) is 5.78 Å². The normalized spacial score (nSPS) is 30.1. The Balaban J connectivity index is 1.82. The number of nitrogens with one attached hydrogen (secondary N) is 1. The number of ketones is 1. The molecule has 0 aromatic heterocycles. The summed E-state index contributed by atoms with van der Waals surface area (Å²) in [5.41, 5.74) is 0. The molecule has 2 aliphatic rings. The Hall–Kier alpha value is -0.370. The number of Topliss-reactive ketones (excluding diaryl/α,β-unsaturated/α-hetero) is 1. The monoisotopic (exact) mass is 210 g/mol. The molecule has 0 radical (unpaired) electrons. The van der Waals surface area contributed by atoms with Gasteiger partial charge >= 0.3 is 0 Å². The van der Waals surface area contributed by atoms with E-state index in [1.807, 2.05) is 0 Å². The first-order valence-corrected chi connectivity index (χ1v) is 6.72. The highest BCUT2D eigenvalue weighted by molar-refractivity contribution is 5.81. The molecule has 1 heterocycles. The fourth-order valence-corrected chi connectivity index (χ4v) is 3.05. The van der Waals surface area contributed by atoms with Gasteiger partial charge < -0.3 is 4.90 Å². The van der Waals surface area contributed by atoms with E-state index in [1.54, 1.807) is 4.90 Å². The molecule has 0 unspecified atom stereocenters. The van der Waals surface area contributed by atoms with Crippen molar-refractivity contribution in [2.45, 2.75) is 51.4 Å². The van der Waals surface area contributed by atoms with E-state index in [9.17, 15) is 4.79 Å². The molecule has 1 aliphatic carbocycles. The average Bonchev–Trinajstić information content (AvgIpc) is 2.46. The number of quaternary nitrogens is 1. The number of piperidine rings is 1. The van der Waals surface area contributed by atoms with Crippen LogP contribution in [0.3, 0.4) is 0 Å². The minimum atomic E-state index is 0.403. The number of carbonyl (C=O) groups is 1. The summed E-state index contributed by atoms with van der Waals surface area (Å²) < 4.78 is 0. The standard InChI is InChI=1S/C13H23NO/c15-13-8-4-1-3-7-12(13)11-14-9-5-2-6-10-14/h12H,1-11H2/p+1/t12-/m0/s1. The van der Waals surface area contributed by atoms with Gasteiger partial charge in [-0.05, 0) is 32.1 Å². The van der Waals surface area contributed by atoms with Crippen molar-refractivity contribution >= 4 is 5.78 Å². The molecule has 1 atom stereocenters. The zero-order chi connectivity index (χ0) is 10.5. The fourth-order valence-electron chi connectivity index (χ4n) is 3.05. The lowest BCUT2D eigenvalue weighted by Gasteiger charge is -2.26. The summed E-state index contributed by atoms with van der Waals surface area (Å²) in [4.78, 5) is 13.6. The second-order valence-electron chi connectivity index (χ2n) is 5.28. The molecule has 1 aliphatic heterocycles. The van der Waals surface area contributed by atoms with Crippen LogP contribution in [0.4, 0.5) is 0 Å². The van der Waals surface area contributed by atoms with Crippen molar-refractivity contribution in [3.8, 4) is 0 Å². The van der Waals surface area contributed by atoms with Crippen molar-refractivity contribution in [2.24, 2.45) is 5.92 Å². The van der Waals surface area contributed by atoms with Gasteiger partial charge in [-0.15, -0.1) is 0 Å². The van der Waals surface area contributed by atoms with Gasteiger partial charge in [-0.25, -0.2) is 0 Å². The zero-order valence-corrected chi connectivity index (χ0v) is 9.76. The topological polar surface area (TPSA) is 21.5 Å². The molecule has 2 nitrogen and oxygen atoms in total. The van der Waals surface area contributed by atoms with E-state index in [1.165, 1.54) is 51.6 Å². The summed E-state index contributed by atoms with van der Waals surface area (Å²) in [5, 5.41) is 0. The molecule has 1 saturated heterocycles. The third-order valence-corrected chi connectivity index (χ3v) is 4.03. The highest BCUT2D eigenvalue weighted by Crippen LogP contribution is 2.18. The molecule has 2 fully saturated rings. The van der Waals surface area contributed by atoms with Crippen LogP contribution in [0, 0.1) is 5.92 Å². The van der Waals surface area contributed by atoms with Crippen molar-refractivity contribution < 1.29 is 9.69 Å². The van der Waals surface area contributed by atoms with Crippen LogP contribution in [0.1, 0.15) is 51.4 Å². The zero-order valence-electron chi connectivity index (χ0n) is 9.76. The number of likely N-dealkylation sites (tertiary alicyclic amines) is 1. The van der Waals surface area contributed by atoms with Crippen molar-refractivity contribution in [2.75, 3.05) is 19.6 Å². The Morgan fingerprint density at radius 2 is 1.73 bits per heavy atom. The molecule has 15 heavy (non-hydrogen) atoms. The van der Waals surface area contributed by atoms with Crippen molar-refractivity contribution in [1.29, 1.82) is 0 Å². The van der Waals surface area contributed by atoms with Gasteiger partial charge in [-0.3, -0.25) is 4.79 Å². The predicted octanol–water partition coefficient (Wildman–Crippen LogP) is 1.20. The highest BCUT2D eigenvalue weighted by Gasteiger charge is 2.26. The number of carbonyl (C=O) groups excluding carboxylic acids is 1. The van der Waals surface area contributed by atoms with E-state index < -0.39 is 0 Å². The lowest BCUT2D eigenvalue weighted by Crippen LogP contribution is -3.13. The molecule has 1 N–H and O–H groups in total. The van der Waals surface area contributed by atoms with Gasteiger partial charge in [-0.1, -0.05) is 12.8 Å². The van der Waals surface area contributed by atoms with Gasteiger partial charge in [0.2, 0.25) is 0 Å². The summed E-state index contributed by atoms with van der Waals surface area (Å²) in [7, 11) is 0. The van der Waals surface area contributed by atoms with E-state index in [-0.39, 0.29) is 0 Å². The van der Waals surface area contributed by atoms with E-state index in [2.05, 4.69) is 0 Å². The summed E-state index contributed by atoms with van der Waals surface area (Å²) in [6.45, 7) is 3.76. The van der Waals surface area contributed by atoms with Crippen molar-refractivity contribution in [1.82, 2.24) is 0 Å². The lowest BCUT2D eigenvalue weighted by atomic mass is 9.97. The Labute approximate surface area is 93.0 Å². The van der Waals surface area contributed by atoms with Crippen LogP contribution >= 0.6 is 0 Å². The number of rotatable bonds is 2. The highest BCUT2D eigenvalue weighted by atomic mass is 16.1. The molecular weight excluding hydrogens is 186 g/mol. The Morgan fingerprint density at radius 1 is 1.00 bits per heavy atom. The summed E-state index contributed by atoms with van der Waals surface area (Å²) >= 11 is 0. The third-order valence-electron chi connectivity index (χ3n) is 4.03. The van der Waals surface area contributed by atoms with Crippen LogP contribution in [-0.4, -0.2) is 25.4 Å². The maximum absolute atomic E-state index is 11.9. The Bertz CT molecular complexity index is 209. The smallest absolute Gasteiger partial charge is 0.141 e. The molecule has 1 saturated carbocycles. The van der Waals surface area contributed by atoms with Crippen LogP contribution < -0.4 is 4.90 Å². The summed E-state index contributed by atoms with van der Waals surface area (Å²) in [6, 6.07) is 0. The maximum Gasteiger partial charge on any atom is 0.141 e. The largest absolute Gasteiger partial charge is 0.334 e. The SMILES string of the molecule is O=C1CCCCC[C@H]1C[NH+]1CCCCC1. The van der Waals surface area contributed by atoms with E-state index in [4.69, 9.17) is 0 Å². The molecule has 86 valence electrons. The minimum absolute atomic E-state index is 0.403. The number of hydrogen-bond acceptors (Lipinski definition) is 1. The van der Waals surface area contributed by atoms with Crippen LogP contribution in [0.5, 0.6) is 0 Å². The van der Waals surface area contributed by atoms with Gasteiger partial charge in [0.05, 0.1) is 25.6 Å². The molecule has 0 aromatic rings. The van der Waals surface area contributed by atoms with Crippen LogP contribution in [0.25, 0.3) is 0 Å². The summed E-state index contributed by atoms with van der Waals surface area (Å²) in [5.74, 6) is 0.964. The quantitative estimate of drug-likeness (QED) is 0.680. The molecule has 0 amide bonds.